The maximum atomic E-state index is 12.6. The highest BCUT2D eigenvalue weighted by atomic mass is 16.1. The monoisotopic (exact) mass is 411 g/mol. The van der Waals surface area contributed by atoms with Crippen molar-refractivity contribution in [2.45, 2.75) is 18.9 Å². The highest BCUT2D eigenvalue weighted by Crippen LogP contribution is 2.23. The SMILES string of the molecule is NC(=O)C(c1ccc2ccccc2n1)N(CCc1ccncc1)CCc1ccncc1. The van der Waals surface area contributed by atoms with Gasteiger partial charge in [-0.3, -0.25) is 24.6 Å². The molecule has 31 heavy (non-hydrogen) atoms. The number of nitrogens with two attached hydrogens (primary N) is 1. The maximum absolute atomic E-state index is 12.6. The number of hydrogen-bond acceptors (Lipinski definition) is 5. The zero-order valence-electron chi connectivity index (χ0n) is 17.3. The molecule has 2 N–H and O–H groups in total. The van der Waals surface area contributed by atoms with Crippen LogP contribution in [0.5, 0.6) is 0 Å². The fourth-order valence-electron chi connectivity index (χ4n) is 3.76. The summed E-state index contributed by atoms with van der Waals surface area (Å²) in [6, 6.07) is 19.2. The predicted octanol–water partition coefficient (Wildman–Crippen LogP) is 3.34. The van der Waals surface area contributed by atoms with E-state index in [2.05, 4.69) is 14.9 Å². The minimum Gasteiger partial charge on any atom is -0.368 e. The molecular formula is C25H25N5O. The molecular weight excluding hydrogens is 386 g/mol. The van der Waals surface area contributed by atoms with Gasteiger partial charge in [-0.1, -0.05) is 24.3 Å². The molecule has 4 aromatic rings. The molecule has 0 fully saturated rings. The number of carbonyl (C=O) groups is 1. The van der Waals surface area contributed by atoms with Gasteiger partial charge in [-0.25, -0.2) is 0 Å². The van der Waals surface area contributed by atoms with E-state index < -0.39 is 11.9 Å². The van der Waals surface area contributed by atoms with E-state index in [1.807, 2.05) is 60.7 Å². The molecule has 0 aliphatic carbocycles. The topological polar surface area (TPSA) is 85.0 Å². The fourth-order valence-corrected chi connectivity index (χ4v) is 3.76. The average Bonchev–Trinajstić information content (AvgIpc) is 2.81. The Kier molecular flexibility index (Phi) is 6.59. The third-order valence-electron chi connectivity index (χ3n) is 5.41. The summed E-state index contributed by atoms with van der Waals surface area (Å²) in [6.45, 7) is 1.36. The van der Waals surface area contributed by atoms with Crippen LogP contribution in [0.4, 0.5) is 0 Å². The molecule has 0 spiro atoms. The number of hydrogen-bond donors (Lipinski definition) is 1. The number of benzene rings is 1. The van der Waals surface area contributed by atoms with Crippen LogP contribution in [0.2, 0.25) is 0 Å². The van der Waals surface area contributed by atoms with Crippen LogP contribution >= 0.6 is 0 Å². The number of primary amides is 1. The summed E-state index contributed by atoms with van der Waals surface area (Å²) in [5.41, 5.74) is 9.77. The van der Waals surface area contributed by atoms with Gasteiger partial charge in [-0.2, -0.15) is 0 Å². The molecule has 1 aromatic carbocycles. The molecule has 6 nitrogen and oxygen atoms in total. The van der Waals surface area contributed by atoms with Gasteiger partial charge < -0.3 is 5.73 Å². The highest BCUT2D eigenvalue weighted by molar-refractivity contribution is 5.83. The summed E-state index contributed by atoms with van der Waals surface area (Å²) in [7, 11) is 0. The van der Waals surface area contributed by atoms with Crippen molar-refractivity contribution < 1.29 is 4.79 Å². The summed E-state index contributed by atoms with van der Waals surface area (Å²) < 4.78 is 0. The quantitative estimate of drug-likeness (QED) is 0.457. The summed E-state index contributed by atoms with van der Waals surface area (Å²) >= 11 is 0. The van der Waals surface area contributed by atoms with E-state index in [1.165, 1.54) is 11.1 Å². The lowest BCUT2D eigenvalue weighted by molar-refractivity contribution is -0.123. The molecule has 0 radical (unpaired) electrons. The number of rotatable bonds is 9. The van der Waals surface area contributed by atoms with Crippen LogP contribution in [0.3, 0.4) is 0 Å². The van der Waals surface area contributed by atoms with Crippen LogP contribution in [-0.2, 0) is 17.6 Å². The molecule has 0 saturated carbocycles. The molecule has 4 rings (SSSR count). The fraction of sp³-hybridized carbons (Fsp3) is 0.200. The van der Waals surface area contributed by atoms with Crippen LogP contribution in [0.1, 0.15) is 22.9 Å². The lowest BCUT2D eigenvalue weighted by Gasteiger charge is -2.29. The van der Waals surface area contributed by atoms with Crippen LogP contribution in [-0.4, -0.2) is 38.8 Å². The molecule has 0 aliphatic rings. The molecule has 1 unspecified atom stereocenters. The molecule has 3 aromatic heterocycles. The van der Waals surface area contributed by atoms with E-state index in [4.69, 9.17) is 10.7 Å². The van der Waals surface area contributed by atoms with Gasteiger partial charge in [0.05, 0.1) is 11.2 Å². The molecule has 0 bridgehead atoms. The lowest BCUT2D eigenvalue weighted by atomic mass is 10.1. The van der Waals surface area contributed by atoms with Crippen molar-refractivity contribution in [2.24, 2.45) is 5.73 Å². The van der Waals surface area contributed by atoms with Gasteiger partial charge in [-0.05, 0) is 60.4 Å². The molecule has 3 heterocycles. The van der Waals surface area contributed by atoms with Gasteiger partial charge in [-0.15, -0.1) is 0 Å². The normalized spacial score (nSPS) is 12.2. The lowest BCUT2D eigenvalue weighted by Crippen LogP contribution is -2.40. The Labute approximate surface area is 181 Å². The smallest absolute Gasteiger partial charge is 0.241 e. The van der Waals surface area contributed by atoms with Gasteiger partial charge in [0.1, 0.15) is 6.04 Å². The molecule has 0 aliphatic heterocycles. The minimum absolute atomic E-state index is 0.396. The van der Waals surface area contributed by atoms with Crippen LogP contribution in [0.15, 0.2) is 85.5 Å². The number of fused-ring (bicyclic) bond motifs is 1. The Morgan fingerprint density at radius 3 is 1.97 bits per heavy atom. The molecule has 6 heteroatoms. The summed E-state index contributed by atoms with van der Waals surface area (Å²) in [6.07, 6.45) is 8.72. The average molecular weight is 412 g/mol. The first-order chi connectivity index (χ1) is 15.2. The summed E-state index contributed by atoms with van der Waals surface area (Å²) in [5.74, 6) is -0.396. The van der Waals surface area contributed by atoms with Gasteiger partial charge >= 0.3 is 0 Å². The van der Waals surface area contributed by atoms with Gasteiger partial charge in [0.2, 0.25) is 5.91 Å². The van der Waals surface area contributed by atoms with Gasteiger partial charge in [0.15, 0.2) is 0 Å². The Hall–Kier alpha value is -3.64. The maximum Gasteiger partial charge on any atom is 0.241 e. The Balaban J connectivity index is 1.62. The van der Waals surface area contributed by atoms with Crippen molar-refractivity contribution in [1.82, 2.24) is 19.9 Å². The zero-order valence-corrected chi connectivity index (χ0v) is 17.3. The largest absolute Gasteiger partial charge is 0.368 e. The van der Waals surface area contributed by atoms with E-state index in [1.54, 1.807) is 24.8 Å². The number of pyridine rings is 3. The first-order valence-corrected chi connectivity index (χ1v) is 10.4. The van der Waals surface area contributed by atoms with Crippen LogP contribution in [0.25, 0.3) is 10.9 Å². The van der Waals surface area contributed by atoms with Crippen molar-refractivity contribution in [3.63, 3.8) is 0 Å². The second-order valence-corrected chi connectivity index (χ2v) is 7.48. The van der Waals surface area contributed by atoms with Crippen molar-refractivity contribution >= 4 is 16.8 Å². The molecule has 1 amide bonds. The first-order valence-electron chi connectivity index (χ1n) is 10.4. The summed E-state index contributed by atoms with van der Waals surface area (Å²) in [5, 5.41) is 1.04. The number of para-hydroxylation sites is 1. The standard InChI is InChI=1S/C25H25N5O/c26-25(31)24(23-6-5-21-3-1-2-4-22(21)29-23)30(17-11-19-7-13-27-14-8-19)18-12-20-9-15-28-16-10-20/h1-10,13-16,24H,11-12,17-18H2,(H2,26,31). The first kappa shape index (κ1) is 20.6. The highest BCUT2D eigenvalue weighted by Gasteiger charge is 2.27. The summed E-state index contributed by atoms with van der Waals surface area (Å²) in [4.78, 5) is 27.7. The van der Waals surface area contributed by atoms with Crippen molar-refractivity contribution in [3.8, 4) is 0 Å². The minimum atomic E-state index is -0.603. The third kappa shape index (κ3) is 5.29. The van der Waals surface area contributed by atoms with Crippen molar-refractivity contribution in [1.29, 1.82) is 0 Å². The second kappa shape index (κ2) is 9.91. The number of amides is 1. The van der Waals surface area contributed by atoms with E-state index in [0.717, 1.165) is 23.7 Å². The number of nitrogens with zero attached hydrogens (tertiary/aromatic N) is 4. The van der Waals surface area contributed by atoms with Crippen LogP contribution in [0, 0.1) is 0 Å². The van der Waals surface area contributed by atoms with E-state index in [0.29, 0.717) is 18.8 Å². The van der Waals surface area contributed by atoms with Gasteiger partial charge in [0.25, 0.3) is 0 Å². The molecule has 0 saturated heterocycles. The van der Waals surface area contributed by atoms with Crippen molar-refractivity contribution in [3.05, 3.63) is 102 Å². The third-order valence-corrected chi connectivity index (χ3v) is 5.41. The van der Waals surface area contributed by atoms with Crippen molar-refractivity contribution in [2.75, 3.05) is 13.1 Å². The predicted molar refractivity (Wildman–Crippen MR) is 121 cm³/mol. The van der Waals surface area contributed by atoms with E-state index in [9.17, 15) is 4.79 Å². The second-order valence-electron chi connectivity index (χ2n) is 7.48. The zero-order chi connectivity index (χ0) is 21.5. The molecule has 156 valence electrons. The Bertz CT molecular complexity index is 1090. The number of aromatic nitrogens is 3. The van der Waals surface area contributed by atoms with Crippen LogP contribution < -0.4 is 5.73 Å². The number of carbonyl (C=O) groups excluding carboxylic acids is 1. The van der Waals surface area contributed by atoms with E-state index in [-0.39, 0.29) is 0 Å². The Morgan fingerprint density at radius 2 is 1.39 bits per heavy atom. The Morgan fingerprint density at radius 1 is 0.806 bits per heavy atom. The molecule has 1 atom stereocenters. The van der Waals surface area contributed by atoms with E-state index >= 15 is 0 Å². The van der Waals surface area contributed by atoms with Gasteiger partial charge in [0, 0.05) is 43.3 Å².